The maximum Gasteiger partial charge on any atom is 0.341 e. The van der Waals surface area contributed by atoms with Crippen LogP contribution < -0.4 is 0 Å². The van der Waals surface area contributed by atoms with Gasteiger partial charge in [-0.05, 0) is 50.4 Å². The number of ether oxygens (including phenoxy) is 2. The molecule has 0 amide bonds. The summed E-state index contributed by atoms with van der Waals surface area (Å²) in [7, 11) is 2.14. The number of rotatable bonds is 6. The molecule has 3 atom stereocenters. The van der Waals surface area contributed by atoms with E-state index in [9.17, 15) is 14.7 Å². The van der Waals surface area contributed by atoms with Gasteiger partial charge >= 0.3 is 11.9 Å². The number of para-hydroxylation sites is 1. The molecule has 0 spiro atoms. The van der Waals surface area contributed by atoms with Crippen LogP contribution in [-0.4, -0.2) is 53.8 Å². The summed E-state index contributed by atoms with van der Waals surface area (Å²) < 4.78 is 11.3. The van der Waals surface area contributed by atoms with Crippen molar-refractivity contribution in [2.75, 3.05) is 13.7 Å². The van der Waals surface area contributed by atoms with E-state index in [1.165, 1.54) is 12.1 Å². The van der Waals surface area contributed by atoms with Gasteiger partial charge in [0.2, 0.25) is 0 Å². The first-order valence-electron chi connectivity index (χ1n) is 10.5. The van der Waals surface area contributed by atoms with Crippen molar-refractivity contribution in [3.63, 3.8) is 0 Å². The number of hydrogen-bond donors (Lipinski definition) is 1. The Kier molecular flexibility index (Phi) is 6.04. The second-order valence-electron chi connectivity index (χ2n) is 8.16. The predicted molar refractivity (Wildman–Crippen MR) is 111 cm³/mol. The standard InChI is InChI=1S/C24H27NO5/c1-25-17-11-12-18(25)14-19(13-17)30-24(28)21(16-7-3-2-4-8-16)15-29-23(27)20-9-5-6-10-22(20)26/h2-10,17-19,21,26H,11-15H2,1H3. The molecule has 6 heteroatoms. The lowest BCUT2D eigenvalue weighted by molar-refractivity contribution is -0.155. The van der Waals surface area contributed by atoms with E-state index in [4.69, 9.17) is 9.47 Å². The van der Waals surface area contributed by atoms with Gasteiger partial charge in [-0.25, -0.2) is 4.79 Å². The van der Waals surface area contributed by atoms with Gasteiger partial charge in [0.1, 0.15) is 29.9 Å². The Labute approximate surface area is 176 Å². The van der Waals surface area contributed by atoms with Gasteiger partial charge in [-0.2, -0.15) is 0 Å². The molecule has 2 aliphatic heterocycles. The number of aromatic hydroxyl groups is 1. The number of phenols is 1. The van der Waals surface area contributed by atoms with Gasteiger partial charge in [-0.1, -0.05) is 42.5 Å². The van der Waals surface area contributed by atoms with Gasteiger partial charge in [0, 0.05) is 12.1 Å². The molecule has 0 radical (unpaired) electrons. The molecule has 0 aromatic heterocycles. The second-order valence-corrected chi connectivity index (χ2v) is 8.16. The van der Waals surface area contributed by atoms with Crippen molar-refractivity contribution in [1.29, 1.82) is 0 Å². The highest BCUT2D eigenvalue weighted by atomic mass is 16.6. The van der Waals surface area contributed by atoms with E-state index in [0.717, 1.165) is 31.2 Å². The largest absolute Gasteiger partial charge is 0.507 e. The summed E-state index contributed by atoms with van der Waals surface area (Å²) in [5, 5.41) is 9.87. The summed E-state index contributed by atoms with van der Waals surface area (Å²) in [4.78, 5) is 27.9. The van der Waals surface area contributed by atoms with Crippen molar-refractivity contribution in [3.8, 4) is 5.75 Å². The third-order valence-corrected chi connectivity index (χ3v) is 6.33. The topological polar surface area (TPSA) is 76.1 Å². The van der Waals surface area contributed by atoms with Crippen LogP contribution in [0.4, 0.5) is 0 Å². The zero-order chi connectivity index (χ0) is 21.1. The number of benzene rings is 2. The van der Waals surface area contributed by atoms with E-state index in [1.54, 1.807) is 12.1 Å². The highest BCUT2D eigenvalue weighted by molar-refractivity contribution is 5.92. The highest BCUT2D eigenvalue weighted by Crippen LogP contribution is 2.36. The first kappa shape index (κ1) is 20.4. The number of nitrogens with zero attached hydrogens (tertiary/aromatic N) is 1. The zero-order valence-electron chi connectivity index (χ0n) is 17.1. The van der Waals surface area contributed by atoms with Crippen LogP contribution in [0.3, 0.4) is 0 Å². The Bertz CT molecular complexity index is 885. The molecule has 2 bridgehead atoms. The minimum absolute atomic E-state index is 0.0737. The molecule has 158 valence electrons. The summed E-state index contributed by atoms with van der Waals surface area (Å²) in [5.74, 6) is -1.90. The Morgan fingerprint density at radius 1 is 1.03 bits per heavy atom. The van der Waals surface area contributed by atoms with Crippen molar-refractivity contribution >= 4 is 11.9 Å². The van der Waals surface area contributed by atoms with E-state index in [0.29, 0.717) is 12.1 Å². The molecule has 2 aromatic carbocycles. The quantitative estimate of drug-likeness (QED) is 0.736. The smallest absolute Gasteiger partial charge is 0.341 e. The maximum absolute atomic E-state index is 13.1. The average molecular weight is 409 g/mol. The molecule has 30 heavy (non-hydrogen) atoms. The molecular formula is C24H27NO5. The summed E-state index contributed by atoms with van der Waals surface area (Å²) in [5.41, 5.74) is 0.813. The van der Waals surface area contributed by atoms with Crippen LogP contribution in [0.25, 0.3) is 0 Å². The summed E-state index contributed by atoms with van der Waals surface area (Å²) in [6.07, 6.45) is 3.88. The summed E-state index contributed by atoms with van der Waals surface area (Å²) in [6, 6.07) is 16.3. The van der Waals surface area contributed by atoms with E-state index >= 15 is 0 Å². The lowest BCUT2D eigenvalue weighted by Gasteiger charge is -2.36. The Morgan fingerprint density at radius 2 is 1.67 bits per heavy atom. The monoisotopic (exact) mass is 409 g/mol. The van der Waals surface area contributed by atoms with Crippen LogP contribution in [0.15, 0.2) is 54.6 Å². The third kappa shape index (κ3) is 4.33. The van der Waals surface area contributed by atoms with Crippen molar-refractivity contribution < 1.29 is 24.2 Å². The van der Waals surface area contributed by atoms with E-state index in [2.05, 4.69) is 11.9 Å². The molecular weight excluding hydrogens is 382 g/mol. The first-order valence-corrected chi connectivity index (χ1v) is 10.5. The molecule has 0 saturated carbocycles. The molecule has 3 unspecified atom stereocenters. The van der Waals surface area contributed by atoms with Gasteiger partial charge in [-0.3, -0.25) is 4.79 Å². The van der Waals surface area contributed by atoms with Gasteiger partial charge in [-0.15, -0.1) is 0 Å². The number of piperidine rings is 1. The van der Waals surface area contributed by atoms with Gasteiger partial charge in [0.05, 0.1) is 0 Å². The van der Waals surface area contributed by atoms with E-state index in [1.807, 2.05) is 30.3 Å². The fourth-order valence-electron chi connectivity index (χ4n) is 4.57. The molecule has 0 aliphatic carbocycles. The number of fused-ring (bicyclic) bond motifs is 2. The third-order valence-electron chi connectivity index (χ3n) is 6.33. The number of phenolic OH excluding ortho intramolecular Hbond substituents is 1. The van der Waals surface area contributed by atoms with Crippen molar-refractivity contribution in [2.45, 2.75) is 49.8 Å². The molecule has 2 aliphatic rings. The molecule has 1 N–H and O–H groups in total. The Morgan fingerprint density at radius 3 is 2.33 bits per heavy atom. The molecule has 6 nitrogen and oxygen atoms in total. The van der Waals surface area contributed by atoms with Gasteiger partial charge < -0.3 is 19.5 Å². The SMILES string of the molecule is CN1C2CCC1CC(OC(=O)C(COC(=O)c1ccccc1O)c1ccccc1)C2. The maximum atomic E-state index is 13.1. The average Bonchev–Trinajstić information content (AvgIpc) is 2.95. The first-order chi connectivity index (χ1) is 14.5. The number of carbonyl (C=O) groups excluding carboxylic acids is 2. The second kappa shape index (κ2) is 8.88. The number of carbonyl (C=O) groups is 2. The lowest BCUT2D eigenvalue weighted by atomic mass is 9.98. The lowest BCUT2D eigenvalue weighted by Crippen LogP contribution is -2.44. The summed E-state index contributed by atoms with van der Waals surface area (Å²) in [6.45, 7) is -0.143. The molecule has 2 saturated heterocycles. The van der Waals surface area contributed by atoms with E-state index < -0.39 is 11.9 Å². The molecule has 2 heterocycles. The van der Waals surface area contributed by atoms with Crippen LogP contribution in [0.2, 0.25) is 0 Å². The van der Waals surface area contributed by atoms with E-state index in [-0.39, 0.29) is 30.0 Å². The van der Waals surface area contributed by atoms with Crippen molar-refractivity contribution in [1.82, 2.24) is 4.90 Å². The van der Waals surface area contributed by atoms with Crippen molar-refractivity contribution in [3.05, 3.63) is 65.7 Å². The van der Waals surface area contributed by atoms with Crippen molar-refractivity contribution in [2.24, 2.45) is 0 Å². The van der Waals surface area contributed by atoms with Gasteiger partial charge in [0.15, 0.2) is 0 Å². The minimum Gasteiger partial charge on any atom is -0.507 e. The van der Waals surface area contributed by atoms with Crippen LogP contribution in [0, 0.1) is 0 Å². The number of esters is 2. The molecule has 2 aromatic rings. The van der Waals surface area contributed by atoms with Crippen LogP contribution in [-0.2, 0) is 14.3 Å². The Hall–Kier alpha value is -2.86. The fourth-order valence-corrected chi connectivity index (χ4v) is 4.57. The molecule has 2 fully saturated rings. The molecule has 4 rings (SSSR count). The van der Waals surface area contributed by atoms with Crippen LogP contribution in [0.1, 0.15) is 47.5 Å². The minimum atomic E-state index is -0.710. The highest BCUT2D eigenvalue weighted by Gasteiger charge is 2.40. The zero-order valence-corrected chi connectivity index (χ0v) is 17.1. The Balaban J connectivity index is 1.44. The number of hydrogen-bond acceptors (Lipinski definition) is 6. The normalized spacial score (nSPS) is 24.2. The fraction of sp³-hybridized carbons (Fsp3) is 0.417. The van der Waals surface area contributed by atoms with Gasteiger partial charge in [0.25, 0.3) is 0 Å². The predicted octanol–water partition coefficient (Wildman–Crippen LogP) is 3.50. The van der Waals surface area contributed by atoms with Crippen LogP contribution in [0.5, 0.6) is 5.75 Å². The summed E-state index contributed by atoms with van der Waals surface area (Å²) >= 11 is 0. The van der Waals surface area contributed by atoms with Crippen LogP contribution >= 0.6 is 0 Å².